The summed E-state index contributed by atoms with van der Waals surface area (Å²) >= 11 is 0. The number of nitrogen functional groups attached to an aromatic ring is 1. The topological polar surface area (TPSA) is 68.0 Å². The van der Waals surface area contributed by atoms with Crippen molar-refractivity contribution in [2.75, 3.05) is 11.1 Å². The Morgan fingerprint density at radius 2 is 2.18 bits per heavy atom. The molecule has 0 aliphatic heterocycles. The van der Waals surface area contributed by atoms with E-state index in [1.54, 1.807) is 18.3 Å². The maximum Gasteiger partial charge on any atom is 0.257 e. The van der Waals surface area contributed by atoms with Crippen LogP contribution in [0, 0.1) is 5.82 Å². The fourth-order valence-corrected chi connectivity index (χ4v) is 1.31. The van der Waals surface area contributed by atoms with Gasteiger partial charge in [0.2, 0.25) is 0 Å². The molecule has 0 fully saturated rings. The molecule has 0 saturated heterocycles. The van der Waals surface area contributed by atoms with Crippen LogP contribution in [-0.4, -0.2) is 10.9 Å². The largest absolute Gasteiger partial charge is 0.396 e. The molecular weight excluding hydrogens is 221 g/mol. The summed E-state index contributed by atoms with van der Waals surface area (Å²) in [4.78, 5) is 15.5. The van der Waals surface area contributed by atoms with Gasteiger partial charge in [-0.25, -0.2) is 4.39 Å². The van der Waals surface area contributed by atoms with Crippen LogP contribution >= 0.6 is 0 Å². The van der Waals surface area contributed by atoms with E-state index in [-0.39, 0.29) is 11.6 Å². The molecule has 1 heterocycles. The summed E-state index contributed by atoms with van der Waals surface area (Å²) in [5.74, 6) is -0.906. The van der Waals surface area contributed by atoms with E-state index >= 15 is 0 Å². The van der Waals surface area contributed by atoms with Gasteiger partial charge in [-0.15, -0.1) is 0 Å². The van der Waals surface area contributed by atoms with Gasteiger partial charge in [0.15, 0.2) is 0 Å². The van der Waals surface area contributed by atoms with E-state index in [4.69, 9.17) is 5.73 Å². The molecule has 1 amide bonds. The Hall–Kier alpha value is -2.43. The molecule has 86 valence electrons. The Morgan fingerprint density at radius 3 is 2.82 bits per heavy atom. The first-order chi connectivity index (χ1) is 8.16. The van der Waals surface area contributed by atoms with Crippen LogP contribution < -0.4 is 11.1 Å². The average molecular weight is 231 g/mol. The van der Waals surface area contributed by atoms with Crippen LogP contribution in [0.5, 0.6) is 0 Å². The first kappa shape index (κ1) is 11.1. The second kappa shape index (κ2) is 4.61. The molecule has 0 aliphatic rings. The lowest BCUT2D eigenvalue weighted by molar-refractivity contribution is 0.102. The molecule has 5 heteroatoms. The van der Waals surface area contributed by atoms with E-state index in [1.165, 1.54) is 24.4 Å². The Balaban J connectivity index is 2.16. The first-order valence-electron chi connectivity index (χ1n) is 4.93. The Morgan fingerprint density at radius 1 is 1.35 bits per heavy atom. The number of halogens is 1. The maximum absolute atomic E-state index is 13.1. The van der Waals surface area contributed by atoms with Gasteiger partial charge in [0.05, 0.1) is 11.3 Å². The molecule has 1 aromatic carbocycles. The molecule has 17 heavy (non-hydrogen) atoms. The van der Waals surface area contributed by atoms with Gasteiger partial charge < -0.3 is 11.1 Å². The van der Waals surface area contributed by atoms with E-state index in [2.05, 4.69) is 10.3 Å². The highest BCUT2D eigenvalue weighted by Crippen LogP contribution is 2.16. The lowest BCUT2D eigenvalue weighted by Gasteiger charge is -2.05. The molecule has 0 radical (unpaired) electrons. The van der Waals surface area contributed by atoms with Crippen LogP contribution in [0.15, 0.2) is 42.7 Å². The summed E-state index contributed by atoms with van der Waals surface area (Å²) in [6.07, 6.45) is 3.00. The molecule has 2 rings (SSSR count). The van der Waals surface area contributed by atoms with Crippen molar-refractivity contribution in [3.05, 3.63) is 54.1 Å². The molecule has 3 N–H and O–H groups in total. The smallest absolute Gasteiger partial charge is 0.257 e. The van der Waals surface area contributed by atoms with E-state index in [1.807, 2.05) is 0 Å². The number of rotatable bonds is 2. The number of carbonyl (C=O) groups excluding carboxylic acids is 1. The summed E-state index contributed by atoms with van der Waals surface area (Å²) in [6, 6.07) is 7.37. The lowest BCUT2D eigenvalue weighted by atomic mass is 10.2. The second-order valence-electron chi connectivity index (χ2n) is 3.43. The zero-order chi connectivity index (χ0) is 12.3. The minimum atomic E-state index is -0.561. The van der Waals surface area contributed by atoms with Crippen molar-refractivity contribution in [1.82, 2.24) is 4.98 Å². The molecule has 0 spiro atoms. The van der Waals surface area contributed by atoms with Crippen LogP contribution in [0.2, 0.25) is 0 Å². The molecular formula is C12H10FN3O. The summed E-state index contributed by atoms with van der Waals surface area (Å²) in [7, 11) is 0. The van der Waals surface area contributed by atoms with E-state index in [0.29, 0.717) is 11.3 Å². The van der Waals surface area contributed by atoms with Crippen LogP contribution in [0.1, 0.15) is 10.4 Å². The number of nitrogens with one attached hydrogen (secondary N) is 1. The fourth-order valence-electron chi connectivity index (χ4n) is 1.31. The van der Waals surface area contributed by atoms with Gasteiger partial charge in [-0.1, -0.05) is 0 Å². The van der Waals surface area contributed by atoms with Crippen molar-refractivity contribution in [1.29, 1.82) is 0 Å². The third kappa shape index (κ3) is 2.57. The normalized spacial score (nSPS) is 9.94. The number of nitrogens with zero attached hydrogens (tertiary/aromatic N) is 1. The van der Waals surface area contributed by atoms with Crippen molar-refractivity contribution in [2.45, 2.75) is 0 Å². The zero-order valence-electron chi connectivity index (χ0n) is 8.85. The second-order valence-corrected chi connectivity index (χ2v) is 3.43. The highest BCUT2D eigenvalue weighted by Gasteiger charge is 2.07. The number of nitrogens with two attached hydrogens (primary N) is 1. The van der Waals surface area contributed by atoms with Gasteiger partial charge in [-0.2, -0.15) is 0 Å². The number of hydrogen-bond acceptors (Lipinski definition) is 3. The molecule has 1 aromatic heterocycles. The van der Waals surface area contributed by atoms with Gasteiger partial charge in [0, 0.05) is 18.1 Å². The maximum atomic E-state index is 13.1. The minimum absolute atomic E-state index is 0.0457. The van der Waals surface area contributed by atoms with Crippen molar-refractivity contribution in [2.24, 2.45) is 0 Å². The summed E-state index contributed by atoms with van der Waals surface area (Å²) in [5, 5.41) is 2.55. The number of amides is 1. The van der Waals surface area contributed by atoms with Gasteiger partial charge in [-0.3, -0.25) is 9.78 Å². The Labute approximate surface area is 97.3 Å². The highest BCUT2D eigenvalue weighted by molar-refractivity contribution is 6.04. The molecule has 0 unspecified atom stereocenters. The van der Waals surface area contributed by atoms with E-state index in [9.17, 15) is 9.18 Å². The van der Waals surface area contributed by atoms with Crippen LogP contribution in [-0.2, 0) is 0 Å². The Kier molecular flexibility index (Phi) is 3.00. The van der Waals surface area contributed by atoms with Gasteiger partial charge in [-0.05, 0) is 30.3 Å². The number of benzene rings is 1. The third-order valence-corrected chi connectivity index (χ3v) is 2.18. The highest BCUT2D eigenvalue weighted by atomic mass is 19.1. The van der Waals surface area contributed by atoms with Crippen molar-refractivity contribution >= 4 is 17.3 Å². The lowest BCUT2D eigenvalue weighted by Crippen LogP contribution is -2.12. The van der Waals surface area contributed by atoms with Crippen molar-refractivity contribution in [3.63, 3.8) is 0 Å². The number of pyridine rings is 1. The summed E-state index contributed by atoms with van der Waals surface area (Å²) < 4.78 is 13.1. The first-order valence-corrected chi connectivity index (χ1v) is 4.93. The standard InChI is InChI=1S/C12H10FN3O/c13-10-6-9(3-4-11(10)14)16-12(17)8-2-1-5-15-7-8/h1-7H,14H2,(H,16,17). The molecule has 0 aliphatic carbocycles. The van der Waals surface area contributed by atoms with E-state index in [0.717, 1.165) is 0 Å². The molecule has 0 saturated carbocycles. The fraction of sp³-hybridized carbons (Fsp3) is 0. The average Bonchev–Trinajstić information content (AvgIpc) is 2.35. The van der Waals surface area contributed by atoms with Crippen molar-refractivity contribution in [3.8, 4) is 0 Å². The van der Waals surface area contributed by atoms with Gasteiger partial charge >= 0.3 is 0 Å². The monoisotopic (exact) mass is 231 g/mol. The third-order valence-electron chi connectivity index (χ3n) is 2.18. The van der Waals surface area contributed by atoms with Crippen LogP contribution in [0.25, 0.3) is 0 Å². The summed E-state index contributed by atoms with van der Waals surface area (Å²) in [5.41, 5.74) is 6.14. The molecule has 4 nitrogen and oxygen atoms in total. The predicted octanol–water partition coefficient (Wildman–Crippen LogP) is 2.06. The van der Waals surface area contributed by atoms with Crippen LogP contribution in [0.4, 0.5) is 15.8 Å². The number of aromatic nitrogens is 1. The minimum Gasteiger partial charge on any atom is -0.396 e. The molecule has 0 bridgehead atoms. The number of hydrogen-bond donors (Lipinski definition) is 2. The quantitative estimate of drug-likeness (QED) is 0.777. The van der Waals surface area contributed by atoms with Crippen LogP contribution in [0.3, 0.4) is 0 Å². The van der Waals surface area contributed by atoms with Crippen molar-refractivity contribution < 1.29 is 9.18 Å². The zero-order valence-corrected chi connectivity index (χ0v) is 8.85. The van der Waals surface area contributed by atoms with E-state index < -0.39 is 5.82 Å². The molecule has 2 aromatic rings. The number of anilines is 2. The predicted molar refractivity (Wildman–Crippen MR) is 63.0 cm³/mol. The van der Waals surface area contributed by atoms with Gasteiger partial charge in [0.1, 0.15) is 5.82 Å². The molecule has 0 atom stereocenters. The SMILES string of the molecule is Nc1ccc(NC(=O)c2cccnc2)cc1F. The van der Waals surface area contributed by atoms with Gasteiger partial charge in [0.25, 0.3) is 5.91 Å². The number of carbonyl (C=O) groups is 1. The Bertz CT molecular complexity index is 543. The summed E-state index contributed by atoms with van der Waals surface area (Å²) in [6.45, 7) is 0.